The summed E-state index contributed by atoms with van der Waals surface area (Å²) in [6.45, 7) is 10.1. The van der Waals surface area contributed by atoms with Gasteiger partial charge in [0, 0.05) is 17.3 Å². The van der Waals surface area contributed by atoms with Crippen molar-refractivity contribution in [3.05, 3.63) is 59.2 Å². The smallest absolute Gasteiger partial charge is 0.261 e. The Morgan fingerprint density at radius 1 is 1.07 bits per heavy atom. The lowest BCUT2D eigenvalue weighted by atomic mass is 9.90. The summed E-state index contributed by atoms with van der Waals surface area (Å²) in [5.74, 6) is 1.01. The highest BCUT2D eigenvalue weighted by Gasteiger charge is 2.20. The van der Waals surface area contributed by atoms with E-state index >= 15 is 0 Å². The minimum atomic E-state index is -3.67. The first-order valence-corrected chi connectivity index (χ1v) is 15.6. The van der Waals surface area contributed by atoms with Crippen LogP contribution in [0.3, 0.4) is 0 Å². The summed E-state index contributed by atoms with van der Waals surface area (Å²) < 4.78 is 57.6. The predicted octanol–water partition coefficient (Wildman–Crippen LogP) is 5.50. The maximum absolute atomic E-state index is 15.0. The molecule has 1 aromatic carbocycles. The van der Waals surface area contributed by atoms with Crippen molar-refractivity contribution in [2.24, 2.45) is 5.92 Å². The van der Waals surface area contributed by atoms with Gasteiger partial charge in [0.05, 0.1) is 18.0 Å². The average molecular weight is 602 g/mol. The standard InChI is InChI=1S/C28H33F2N7.CH4O3S/c1-16(2)37-18(4)33-27-22(29)13-21(14-24(27)37)26-23(30)15-31-28(35-26)34-25-7-6-20(17(3)32-25)12-19-8-10-36(5)11-9-19;1-5(2,3)4/h6-7,13-16,19H,8-12H2,1-5H3,(H,31,32,34,35);1H3,(H,2,3,4). The molecule has 3 aromatic heterocycles. The van der Waals surface area contributed by atoms with E-state index in [2.05, 4.69) is 38.3 Å². The number of anilines is 2. The highest BCUT2D eigenvalue weighted by Crippen LogP contribution is 2.30. The topological polar surface area (TPSA) is 126 Å². The molecule has 0 amide bonds. The number of halogens is 2. The number of aromatic nitrogens is 5. The molecule has 1 aliphatic rings. The Morgan fingerprint density at radius 3 is 2.36 bits per heavy atom. The number of hydrogen-bond donors (Lipinski definition) is 2. The molecule has 2 N–H and O–H groups in total. The molecule has 10 nitrogen and oxygen atoms in total. The molecule has 0 radical (unpaired) electrons. The van der Waals surface area contributed by atoms with Crippen LogP contribution >= 0.6 is 0 Å². The number of likely N-dealkylation sites (tertiary alicyclic amines) is 1. The van der Waals surface area contributed by atoms with E-state index in [4.69, 9.17) is 9.54 Å². The van der Waals surface area contributed by atoms with Crippen molar-refractivity contribution in [1.29, 1.82) is 0 Å². The summed E-state index contributed by atoms with van der Waals surface area (Å²) in [5, 5.41) is 3.09. The lowest BCUT2D eigenvalue weighted by Crippen LogP contribution is -2.31. The highest BCUT2D eigenvalue weighted by atomic mass is 32.2. The lowest BCUT2D eigenvalue weighted by molar-refractivity contribution is 0.219. The van der Waals surface area contributed by atoms with Gasteiger partial charge >= 0.3 is 0 Å². The third-order valence-electron chi connectivity index (χ3n) is 7.24. The third kappa shape index (κ3) is 7.84. The summed E-state index contributed by atoms with van der Waals surface area (Å²) >= 11 is 0. The summed E-state index contributed by atoms with van der Waals surface area (Å²) in [6.07, 6.45) is 5.23. The van der Waals surface area contributed by atoms with Gasteiger partial charge in [-0.3, -0.25) is 4.55 Å². The van der Waals surface area contributed by atoms with Crippen LogP contribution in [0.15, 0.2) is 30.5 Å². The van der Waals surface area contributed by atoms with E-state index in [9.17, 15) is 17.2 Å². The molecule has 13 heteroatoms. The molecule has 0 unspecified atom stereocenters. The van der Waals surface area contributed by atoms with Crippen molar-refractivity contribution in [1.82, 2.24) is 29.4 Å². The van der Waals surface area contributed by atoms with Gasteiger partial charge in [-0.1, -0.05) is 6.07 Å². The van der Waals surface area contributed by atoms with Gasteiger partial charge in [0.1, 0.15) is 22.9 Å². The number of piperidine rings is 1. The van der Waals surface area contributed by atoms with Gasteiger partial charge in [0.25, 0.3) is 10.1 Å². The van der Waals surface area contributed by atoms with E-state index in [0.717, 1.165) is 31.4 Å². The molecule has 42 heavy (non-hydrogen) atoms. The fourth-order valence-electron chi connectivity index (χ4n) is 5.25. The molecule has 1 fully saturated rings. The summed E-state index contributed by atoms with van der Waals surface area (Å²) in [7, 11) is -1.50. The molecule has 4 heterocycles. The molecule has 0 bridgehead atoms. The SMILES string of the molecule is CS(=O)(=O)O.Cc1nc(Nc2ncc(F)c(-c3cc(F)c4nc(C)n(C(C)C)c4c3)n2)ccc1CC1CCN(C)CC1. The zero-order valence-corrected chi connectivity index (χ0v) is 25.5. The van der Waals surface area contributed by atoms with Gasteiger partial charge in [-0.15, -0.1) is 0 Å². The second-order valence-electron chi connectivity index (χ2n) is 11.1. The Morgan fingerprint density at radius 2 is 1.74 bits per heavy atom. The minimum absolute atomic E-state index is 0.0167. The molecular weight excluding hydrogens is 564 g/mol. The maximum atomic E-state index is 15.0. The maximum Gasteiger partial charge on any atom is 0.261 e. The Hall–Kier alpha value is -3.55. The van der Waals surface area contributed by atoms with E-state index in [1.807, 2.05) is 38.3 Å². The quantitative estimate of drug-likeness (QED) is 0.276. The fourth-order valence-corrected chi connectivity index (χ4v) is 5.25. The van der Waals surface area contributed by atoms with Crippen LogP contribution in [-0.4, -0.2) is 68.8 Å². The number of rotatable bonds is 6. The van der Waals surface area contributed by atoms with Gasteiger partial charge in [0.2, 0.25) is 5.95 Å². The van der Waals surface area contributed by atoms with Crippen molar-refractivity contribution in [2.75, 3.05) is 31.7 Å². The Bertz CT molecular complexity index is 1680. The first kappa shape index (κ1) is 31.4. The number of nitrogens with one attached hydrogen (secondary N) is 1. The molecule has 0 saturated carbocycles. The van der Waals surface area contributed by atoms with Crippen LogP contribution in [0.4, 0.5) is 20.5 Å². The molecule has 1 aliphatic heterocycles. The van der Waals surface area contributed by atoms with Crippen molar-refractivity contribution < 1.29 is 21.8 Å². The number of benzene rings is 1. The van der Waals surface area contributed by atoms with Crippen LogP contribution in [0.2, 0.25) is 0 Å². The van der Waals surface area contributed by atoms with Gasteiger partial charge in [-0.2, -0.15) is 8.42 Å². The van der Waals surface area contributed by atoms with Crippen LogP contribution in [0.1, 0.15) is 49.8 Å². The first-order chi connectivity index (χ1) is 19.7. The Labute approximate surface area is 245 Å². The molecule has 4 aromatic rings. The van der Waals surface area contributed by atoms with Gasteiger partial charge in [0.15, 0.2) is 11.6 Å². The third-order valence-corrected chi connectivity index (χ3v) is 7.24. The average Bonchev–Trinajstić information content (AvgIpc) is 3.23. The number of hydrogen-bond acceptors (Lipinski definition) is 8. The van der Waals surface area contributed by atoms with E-state index in [1.54, 1.807) is 6.07 Å². The van der Waals surface area contributed by atoms with Crippen LogP contribution in [0, 0.1) is 31.4 Å². The van der Waals surface area contributed by atoms with Crippen LogP contribution in [-0.2, 0) is 16.5 Å². The monoisotopic (exact) mass is 601 g/mol. The number of aryl methyl sites for hydroxylation is 2. The minimum Gasteiger partial charge on any atom is -0.326 e. The number of pyridine rings is 1. The second-order valence-corrected chi connectivity index (χ2v) is 12.6. The summed E-state index contributed by atoms with van der Waals surface area (Å²) in [6, 6.07) is 7.07. The van der Waals surface area contributed by atoms with E-state index in [1.165, 1.54) is 24.5 Å². The zero-order valence-electron chi connectivity index (χ0n) is 24.7. The lowest BCUT2D eigenvalue weighted by Gasteiger charge is -2.29. The van der Waals surface area contributed by atoms with Crippen molar-refractivity contribution in [3.63, 3.8) is 0 Å². The van der Waals surface area contributed by atoms with E-state index in [-0.39, 0.29) is 23.2 Å². The van der Waals surface area contributed by atoms with E-state index < -0.39 is 21.8 Å². The molecule has 0 aliphatic carbocycles. The molecule has 0 atom stereocenters. The molecule has 0 spiro atoms. The number of nitrogens with zero attached hydrogens (tertiary/aromatic N) is 6. The van der Waals surface area contributed by atoms with Gasteiger partial charge in [-0.25, -0.2) is 28.7 Å². The van der Waals surface area contributed by atoms with Crippen molar-refractivity contribution in [3.8, 4) is 11.3 Å². The normalized spacial score (nSPS) is 14.7. The van der Waals surface area contributed by atoms with Crippen LogP contribution in [0.25, 0.3) is 22.3 Å². The zero-order chi connectivity index (χ0) is 30.8. The molecular formula is C29H37F2N7O3S. The Kier molecular flexibility index (Phi) is 9.53. The van der Waals surface area contributed by atoms with Gasteiger partial charge in [-0.05, 0) is 96.8 Å². The summed E-state index contributed by atoms with van der Waals surface area (Å²) in [5.41, 5.74) is 3.41. The number of fused-ring (bicyclic) bond motifs is 1. The molecule has 226 valence electrons. The number of imidazole rings is 1. The molecule has 5 rings (SSSR count). The fraction of sp³-hybridized carbons (Fsp3) is 0.448. The largest absolute Gasteiger partial charge is 0.326 e. The van der Waals surface area contributed by atoms with Gasteiger partial charge < -0.3 is 14.8 Å². The van der Waals surface area contributed by atoms with Crippen LogP contribution < -0.4 is 5.32 Å². The van der Waals surface area contributed by atoms with E-state index in [0.29, 0.717) is 34.9 Å². The van der Waals surface area contributed by atoms with Crippen molar-refractivity contribution in [2.45, 2.75) is 53.0 Å². The Balaban J connectivity index is 0.000000748. The second kappa shape index (κ2) is 12.8. The summed E-state index contributed by atoms with van der Waals surface area (Å²) in [4.78, 5) is 19.9. The van der Waals surface area contributed by atoms with Crippen LogP contribution in [0.5, 0.6) is 0 Å². The van der Waals surface area contributed by atoms with Crippen molar-refractivity contribution >= 4 is 32.9 Å². The predicted molar refractivity (Wildman–Crippen MR) is 159 cm³/mol. The molecule has 1 saturated heterocycles. The first-order valence-electron chi connectivity index (χ1n) is 13.7. The highest BCUT2D eigenvalue weighted by molar-refractivity contribution is 7.85.